The molecule has 0 amide bonds. The van der Waals surface area contributed by atoms with Crippen molar-refractivity contribution in [3.05, 3.63) is 28.2 Å². The lowest BCUT2D eigenvalue weighted by atomic mass is 10.1. The second kappa shape index (κ2) is 6.48. The molecular formula is C12H12Cl2N2O2. The van der Waals surface area contributed by atoms with Gasteiger partial charge in [-0.3, -0.25) is 4.79 Å². The Morgan fingerprint density at radius 2 is 2.22 bits per heavy atom. The highest BCUT2D eigenvalue weighted by molar-refractivity contribution is 6.43. The highest BCUT2D eigenvalue weighted by atomic mass is 35.5. The smallest absolute Gasteiger partial charge is 0.308 e. The van der Waals surface area contributed by atoms with Gasteiger partial charge in [0.05, 0.1) is 27.7 Å². The van der Waals surface area contributed by atoms with E-state index >= 15 is 0 Å². The third-order valence-electron chi connectivity index (χ3n) is 2.45. The van der Waals surface area contributed by atoms with Gasteiger partial charge in [-0.1, -0.05) is 36.2 Å². The molecule has 0 aromatic heterocycles. The number of halogens is 2. The van der Waals surface area contributed by atoms with Crippen LogP contribution in [0.3, 0.4) is 0 Å². The van der Waals surface area contributed by atoms with Crippen LogP contribution >= 0.6 is 23.2 Å². The fourth-order valence-corrected chi connectivity index (χ4v) is 1.89. The quantitative estimate of drug-likeness (QED) is 0.845. The van der Waals surface area contributed by atoms with Crippen LogP contribution in [-0.4, -0.2) is 24.2 Å². The van der Waals surface area contributed by atoms with Crippen molar-refractivity contribution in [1.29, 1.82) is 5.26 Å². The molecule has 0 aliphatic heterocycles. The van der Waals surface area contributed by atoms with Gasteiger partial charge in [0, 0.05) is 6.54 Å². The Labute approximate surface area is 115 Å². The Kier molecular flexibility index (Phi) is 5.26. The van der Waals surface area contributed by atoms with Crippen molar-refractivity contribution in [2.75, 3.05) is 18.0 Å². The summed E-state index contributed by atoms with van der Waals surface area (Å²) >= 11 is 12.0. The monoisotopic (exact) mass is 286 g/mol. The van der Waals surface area contributed by atoms with Gasteiger partial charge in [0.25, 0.3) is 0 Å². The van der Waals surface area contributed by atoms with E-state index in [2.05, 4.69) is 0 Å². The van der Waals surface area contributed by atoms with Crippen LogP contribution in [0.2, 0.25) is 10.0 Å². The molecule has 0 bridgehead atoms. The molecule has 6 heteroatoms. The van der Waals surface area contributed by atoms with Crippen molar-refractivity contribution in [3.63, 3.8) is 0 Å². The molecule has 0 fully saturated rings. The first-order valence-electron chi connectivity index (χ1n) is 5.26. The maximum atomic E-state index is 10.9. The van der Waals surface area contributed by atoms with Crippen LogP contribution in [0.25, 0.3) is 0 Å². The Hall–Kier alpha value is -1.44. The van der Waals surface area contributed by atoms with Crippen molar-refractivity contribution < 1.29 is 9.90 Å². The summed E-state index contributed by atoms with van der Waals surface area (Å²) in [6, 6.07) is 7.04. The van der Waals surface area contributed by atoms with Gasteiger partial charge in [-0.25, -0.2) is 0 Å². The van der Waals surface area contributed by atoms with Gasteiger partial charge in [-0.15, -0.1) is 0 Å². The van der Waals surface area contributed by atoms with Crippen molar-refractivity contribution in [1.82, 2.24) is 0 Å². The molecule has 4 nitrogen and oxygen atoms in total. The van der Waals surface area contributed by atoms with Crippen LogP contribution in [0.15, 0.2) is 18.2 Å². The number of anilines is 1. The van der Waals surface area contributed by atoms with Gasteiger partial charge in [-0.05, 0) is 12.1 Å². The molecule has 0 aliphatic rings. The molecule has 0 spiro atoms. The third kappa shape index (κ3) is 3.52. The van der Waals surface area contributed by atoms with E-state index in [0.717, 1.165) is 0 Å². The summed E-state index contributed by atoms with van der Waals surface area (Å²) in [5.41, 5.74) is 0.568. The fourth-order valence-electron chi connectivity index (χ4n) is 1.48. The maximum absolute atomic E-state index is 10.9. The van der Waals surface area contributed by atoms with Gasteiger partial charge in [0.1, 0.15) is 6.54 Å². The summed E-state index contributed by atoms with van der Waals surface area (Å²) in [4.78, 5) is 12.5. The van der Waals surface area contributed by atoms with Crippen LogP contribution in [-0.2, 0) is 4.79 Å². The number of carboxylic acid groups (broad SMARTS) is 1. The highest BCUT2D eigenvalue weighted by Crippen LogP contribution is 2.32. The van der Waals surface area contributed by atoms with Crippen LogP contribution in [0.5, 0.6) is 0 Å². The Morgan fingerprint density at radius 3 is 2.78 bits per heavy atom. The lowest BCUT2D eigenvalue weighted by Crippen LogP contribution is -2.32. The lowest BCUT2D eigenvalue weighted by molar-refractivity contribution is -0.140. The minimum atomic E-state index is -0.920. The number of rotatable bonds is 5. The molecule has 1 rings (SSSR count). The Balaban J connectivity index is 3.01. The summed E-state index contributed by atoms with van der Waals surface area (Å²) in [5.74, 6) is -1.52. The molecule has 1 unspecified atom stereocenters. The predicted octanol–water partition coefficient (Wildman–Crippen LogP) is 3.04. The zero-order chi connectivity index (χ0) is 13.7. The fraction of sp³-hybridized carbons (Fsp3) is 0.333. The number of aliphatic carboxylic acids is 1. The largest absolute Gasteiger partial charge is 0.481 e. The number of carboxylic acids is 1. The average Bonchev–Trinajstić information content (AvgIpc) is 2.32. The molecule has 96 valence electrons. The summed E-state index contributed by atoms with van der Waals surface area (Å²) in [6.07, 6.45) is 0. The SMILES string of the molecule is CC(CN(CC#N)c1cccc(Cl)c1Cl)C(=O)O. The summed E-state index contributed by atoms with van der Waals surface area (Å²) < 4.78 is 0. The molecule has 0 saturated carbocycles. The molecular weight excluding hydrogens is 275 g/mol. The Morgan fingerprint density at radius 1 is 1.56 bits per heavy atom. The van der Waals surface area contributed by atoms with Crippen molar-refractivity contribution in [2.45, 2.75) is 6.92 Å². The minimum absolute atomic E-state index is 0.0533. The van der Waals surface area contributed by atoms with Crippen LogP contribution in [0.1, 0.15) is 6.92 Å². The molecule has 0 aliphatic carbocycles. The van der Waals surface area contributed by atoms with E-state index in [-0.39, 0.29) is 13.1 Å². The second-order valence-electron chi connectivity index (χ2n) is 3.85. The van der Waals surface area contributed by atoms with Crippen LogP contribution in [0.4, 0.5) is 5.69 Å². The van der Waals surface area contributed by atoms with E-state index < -0.39 is 11.9 Å². The summed E-state index contributed by atoms with van der Waals surface area (Å²) in [7, 11) is 0. The van der Waals surface area contributed by atoms with Gasteiger partial charge >= 0.3 is 5.97 Å². The van der Waals surface area contributed by atoms with E-state index in [9.17, 15) is 4.79 Å². The normalized spacial score (nSPS) is 11.7. The average molecular weight is 287 g/mol. The van der Waals surface area contributed by atoms with Gasteiger partial charge in [-0.2, -0.15) is 5.26 Å². The Bertz CT molecular complexity index is 485. The summed E-state index contributed by atoms with van der Waals surface area (Å²) in [6.45, 7) is 1.83. The van der Waals surface area contributed by atoms with Gasteiger partial charge < -0.3 is 10.0 Å². The molecule has 0 radical (unpaired) electrons. The number of nitrogens with zero attached hydrogens (tertiary/aromatic N) is 2. The lowest BCUT2D eigenvalue weighted by Gasteiger charge is -2.25. The molecule has 1 atom stereocenters. The zero-order valence-electron chi connectivity index (χ0n) is 9.73. The van der Waals surface area contributed by atoms with Crippen LogP contribution in [0, 0.1) is 17.2 Å². The first-order valence-corrected chi connectivity index (χ1v) is 6.01. The second-order valence-corrected chi connectivity index (χ2v) is 4.64. The van der Waals surface area contributed by atoms with E-state index in [1.54, 1.807) is 30.0 Å². The number of carbonyl (C=O) groups is 1. The first-order chi connectivity index (χ1) is 8.47. The molecule has 18 heavy (non-hydrogen) atoms. The number of hydrogen-bond acceptors (Lipinski definition) is 3. The minimum Gasteiger partial charge on any atom is -0.481 e. The number of hydrogen-bond donors (Lipinski definition) is 1. The molecule has 1 aromatic rings. The van der Waals surface area contributed by atoms with Crippen molar-refractivity contribution >= 4 is 34.9 Å². The van der Waals surface area contributed by atoms with E-state index in [1.165, 1.54) is 0 Å². The molecule has 1 aromatic carbocycles. The van der Waals surface area contributed by atoms with E-state index in [0.29, 0.717) is 15.7 Å². The topological polar surface area (TPSA) is 64.3 Å². The molecule has 0 heterocycles. The molecule has 0 saturated heterocycles. The van der Waals surface area contributed by atoms with E-state index in [1.807, 2.05) is 6.07 Å². The molecule has 1 N–H and O–H groups in total. The highest BCUT2D eigenvalue weighted by Gasteiger charge is 2.19. The summed E-state index contributed by atoms with van der Waals surface area (Å²) in [5, 5.41) is 18.4. The standard InChI is InChI=1S/C12H12Cl2N2O2/c1-8(12(17)18)7-16(6-5-15)10-4-2-3-9(13)11(10)14/h2-4,8H,6-7H2,1H3,(H,17,18). The first kappa shape index (κ1) is 14.6. The predicted molar refractivity (Wildman–Crippen MR) is 71.1 cm³/mol. The van der Waals surface area contributed by atoms with Crippen LogP contribution < -0.4 is 4.90 Å². The van der Waals surface area contributed by atoms with Crippen molar-refractivity contribution in [2.24, 2.45) is 5.92 Å². The van der Waals surface area contributed by atoms with Gasteiger partial charge in [0.15, 0.2) is 0 Å². The number of benzene rings is 1. The van der Waals surface area contributed by atoms with E-state index in [4.69, 9.17) is 33.6 Å². The van der Waals surface area contributed by atoms with Crippen molar-refractivity contribution in [3.8, 4) is 6.07 Å². The number of nitriles is 1. The maximum Gasteiger partial charge on any atom is 0.308 e. The third-order valence-corrected chi connectivity index (χ3v) is 3.26. The zero-order valence-corrected chi connectivity index (χ0v) is 11.2. The van der Waals surface area contributed by atoms with Gasteiger partial charge in [0.2, 0.25) is 0 Å².